The first kappa shape index (κ1) is 9.96. The molecule has 0 aromatic heterocycles. The second-order valence-electron chi connectivity index (χ2n) is 4.49. The lowest BCUT2D eigenvalue weighted by Gasteiger charge is -2.38. The number of likely N-dealkylation sites (N-methyl/N-ethyl adjacent to an activating group) is 1. The summed E-state index contributed by atoms with van der Waals surface area (Å²) in [6.07, 6.45) is 2.68. The van der Waals surface area contributed by atoms with Crippen molar-refractivity contribution < 1.29 is 15.5 Å². The zero-order valence-electron chi connectivity index (χ0n) is 8.74. The third-order valence-corrected chi connectivity index (χ3v) is 3.60. The molecule has 3 heteroatoms. The number of rotatable bonds is 2. The standard InChI is InChI=1S/C9H21N3/c1-11(2)9(8-10)4-6-12(3)7-5-9/h4-8,10H2,1-3H3/p+3. The van der Waals surface area contributed by atoms with E-state index in [1.165, 1.54) is 25.9 Å². The fourth-order valence-corrected chi connectivity index (χ4v) is 2.16. The molecule has 0 saturated carbocycles. The molecule has 3 nitrogen and oxygen atoms in total. The average Bonchev–Trinajstić information content (AvgIpc) is 2.06. The van der Waals surface area contributed by atoms with Gasteiger partial charge in [0.2, 0.25) is 0 Å². The maximum atomic E-state index is 4.10. The summed E-state index contributed by atoms with van der Waals surface area (Å²) in [6.45, 7) is 3.73. The molecular weight excluding hydrogens is 150 g/mol. The van der Waals surface area contributed by atoms with Crippen molar-refractivity contribution in [2.45, 2.75) is 18.4 Å². The van der Waals surface area contributed by atoms with Gasteiger partial charge in [0.25, 0.3) is 0 Å². The Kier molecular flexibility index (Phi) is 3.09. The van der Waals surface area contributed by atoms with Gasteiger partial charge < -0.3 is 15.5 Å². The normalized spacial score (nSPS) is 37.2. The highest BCUT2D eigenvalue weighted by Gasteiger charge is 2.41. The number of nitrogens with one attached hydrogen (secondary N) is 2. The van der Waals surface area contributed by atoms with Crippen LogP contribution in [0.1, 0.15) is 12.8 Å². The van der Waals surface area contributed by atoms with Gasteiger partial charge in [-0.2, -0.15) is 0 Å². The predicted molar refractivity (Wildman–Crippen MR) is 49.2 cm³/mol. The molecule has 1 aliphatic rings. The summed E-state index contributed by atoms with van der Waals surface area (Å²) in [7, 11) is 6.83. The Labute approximate surface area is 75.5 Å². The topological polar surface area (TPSA) is 36.5 Å². The highest BCUT2D eigenvalue weighted by atomic mass is 15.2. The van der Waals surface area contributed by atoms with E-state index in [-0.39, 0.29) is 0 Å². The summed E-state index contributed by atoms with van der Waals surface area (Å²) in [4.78, 5) is 3.27. The largest absolute Gasteiger partial charge is 0.352 e. The van der Waals surface area contributed by atoms with Gasteiger partial charge in [-0.25, -0.2) is 0 Å². The van der Waals surface area contributed by atoms with Gasteiger partial charge in [0.1, 0.15) is 6.54 Å². The van der Waals surface area contributed by atoms with Crippen molar-refractivity contribution in [3.63, 3.8) is 0 Å². The van der Waals surface area contributed by atoms with Crippen LogP contribution in [0.4, 0.5) is 0 Å². The lowest BCUT2D eigenvalue weighted by molar-refractivity contribution is -0.955. The first-order valence-electron chi connectivity index (χ1n) is 5.02. The zero-order valence-corrected chi connectivity index (χ0v) is 8.74. The third kappa shape index (κ3) is 1.79. The van der Waals surface area contributed by atoms with E-state index in [4.69, 9.17) is 0 Å². The summed E-state index contributed by atoms with van der Waals surface area (Å²) >= 11 is 0. The third-order valence-electron chi connectivity index (χ3n) is 3.60. The van der Waals surface area contributed by atoms with Gasteiger partial charge >= 0.3 is 0 Å². The van der Waals surface area contributed by atoms with Crippen molar-refractivity contribution in [2.24, 2.45) is 0 Å². The van der Waals surface area contributed by atoms with E-state index in [1.54, 1.807) is 9.80 Å². The van der Waals surface area contributed by atoms with Crippen molar-refractivity contribution in [1.82, 2.24) is 0 Å². The summed E-state index contributed by atoms with van der Waals surface area (Å²) in [5.41, 5.74) is 4.58. The monoisotopic (exact) mass is 174 g/mol. The quantitative estimate of drug-likeness (QED) is 0.387. The summed E-state index contributed by atoms with van der Waals surface area (Å²) in [6, 6.07) is 0. The number of hydrogen-bond acceptors (Lipinski definition) is 0. The van der Waals surface area contributed by atoms with Gasteiger partial charge in [0, 0.05) is 0 Å². The second kappa shape index (κ2) is 3.73. The fourth-order valence-electron chi connectivity index (χ4n) is 2.16. The minimum atomic E-state index is 0.486. The van der Waals surface area contributed by atoms with Crippen LogP contribution in [0.2, 0.25) is 0 Å². The Bertz CT molecular complexity index is 137. The van der Waals surface area contributed by atoms with Crippen molar-refractivity contribution in [2.75, 3.05) is 40.8 Å². The Morgan fingerprint density at radius 1 is 1.33 bits per heavy atom. The lowest BCUT2D eigenvalue weighted by atomic mass is 9.86. The van der Waals surface area contributed by atoms with Crippen LogP contribution in [0, 0.1) is 0 Å². The Hall–Kier alpha value is -0.120. The van der Waals surface area contributed by atoms with E-state index < -0.39 is 0 Å². The maximum absolute atomic E-state index is 4.10. The molecule has 5 N–H and O–H groups in total. The molecule has 1 aliphatic heterocycles. The Morgan fingerprint density at radius 2 is 1.83 bits per heavy atom. The van der Waals surface area contributed by atoms with Crippen LogP contribution in [0.3, 0.4) is 0 Å². The Balaban J connectivity index is 2.57. The molecule has 12 heavy (non-hydrogen) atoms. The van der Waals surface area contributed by atoms with Gasteiger partial charge in [0.05, 0.1) is 47.1 Å². The van der Waals surface area contributed by atoms with E-state index in [1.807, 2.05) is 0 Å². The maximum Gasteiger partial charge on any atom is 0.157 e. The fraction of sp³-hybridized carbons (Fsp3) is 1.00. The molecule has 1 fully saturated rings. The molecule has 0 amide bonds. The first-order valence-corrected chi connectivity index (χ1v) is 5.02. The summed E-state index contributed by atoms with van der Waals surface area (Å²) in [5.74, 6) is 0. The highest BCUT2D eigenvalue weighted by Crippen LogP contribution is 2.08. The smallest absolute Gasteiger partial charge is 0.157 e. The minimum Gasteiger partial charge on any atom is -0.352 e. The molecule has 0 bridgehead atoms. The molecule has 0 radical (unpaired) electrons. The number of likely N-dealkylation sites (tertiary alicyclic amines) is 1. The lowest BCUT2D eigenvalue weighted by Crippen LogP contribution is -3.22. The van der Waals surface area contributed by atoms with Crippen LogP contribution in [0.5, 0.6) is 0 Å². The number of hydrogen-bond donors (Lipinski definition) is 3. The molecule has 0 aliphatic carbocycles. The van der Waals surface area contributed by atoms with E-state index in [0.717, 1.165) is 6.54 Å². The summed E-state index contributed by atoms with van der Waals surface area (Å²) in [5, 5.41) is 0. The molecular formula is C9H24N3+3. The summed E-state index contributed by atoms with van der Waals surface area (Å²) < 4.78 is 0. The van der Waals surface area contributed by atoms with Gasteiger partial charge in [0.15, 0.2) is 5.54 Å². The minimum absolute atomic E-state index is 0.486. The van der Waals surface area contributed by atoms with Gasteiger partial charge in [-0.05, 0) is 0 Å². The molecule has 1 saturated heterocycles. The SMILES string of the molecule is C[NH+]1CCC(C[NH3+])([NH+](C)C)CC1. The van der Waals surface area contributed by atoms with Crippen LogP contribution in [-0.4, -0.2) is 46.3 Å². The van der Waals surface area contributed by atoms with Crippen LogP contribution in [-0.2, 0) is 0 Å². The van der Waals surface area contributed by atoms with Crippen molar-refractivity contribution in [3.8, 4) is 0 Å². The zero-order chi connectivity index (χ0) is 9.19. The van der Waals surface area contributed by atoms with Crippen LogP contribution in [0.25, 0.3) is 0 Å². The number of quaternary nitrogens is 3. The molecule has 1 rings (SSSR count). The molecule has 0 spiro atoms. The molecule has 1 heterocycles. The number of piperidine rings is 1. The average molecular weight is 174 g/mol. The highest BCUT2D eigenvalue weighted by molar-refractivity contribution is 4.78. The van der Waals surface area contributed by atoms with E-state index in [2.05, 4.69) is 26.9 Å². The molecule has 0 atom stereocenters. The van der Waals surface area contributed by atoms with Crippen LogP contribution in [0.15, 0.2) is 0 Å². The molecule has 0 aromatic carbocycles. The molecule has 0 aromatic rings. The van der Waals surface area contributed by atoms with Crippen LogP contribution >= 0.6 is 0 Å². The Morgan fingerprint density at radius 3 is 2.17 bits per heavy atom. The molecule has 72 valence electrons. The van der Waals surface area contributed by atoms with Crippen LogP contribution < -0.4 is 15.5 Å². The van der Waals surface area contributed by atoms with E-state index >= 15 is 0 Å². The first-order chi connectivity index (χ1) is 5.60. The van der Waals surface area contributed by atoms with E-state index in [0.29, 0.717) is 5.54 Å². The second-order valence-corrected chi connectivity index (χ2v) is 4.49. The predicted octanol–water partition coefficient (Wildman–Crippen LogP) is -3.58. The van der Waals surface area contributed by atoms with Crippen molar-refractivity contribution in [3.05, 3.63) is 0 Å². The molecule has 0 unspecified atom stereocenters. The van der Waals surface area contributed by atoms with Gasteiger partial charge in [-0.1, -0.05) is 0 Å². The van der Waals surface area contributed by atoms with Gasteiger partial charge in [-0.3, -0.25) is 0 Å². The van der Waals surface area contributed by atoms with Crippen molar-refractivity contribution >= 4 is 0 Å². The van der Waals surface area contributed by atoms with Gasteiger partial charge in [-0.15, -0.1) is 0 Å². The van der Waals surface area contributed by atoms with Crippen molar-refractivity contribution in [1.29, 1.82) is 0 Å². The van der Waals surface area contributed by atoms with E-state index in [9.17, 15) is 0 Å².